The minimum absolute atomic E-state index is 0.887. The standard InChI is InChI=1S/C8H15N3/c1-2-11-8-6-10-4-3-7(8)5-9/h5,9-11H,2-4,6H2,1H3. The molecule has 0 spiro atoms. The molecule has 0 radical (unpaired) electrons. The molecule has 0 amide bonds. The topological polar surface area (TPSA) is 47.9 Å². The van der Waals surface area contributed by atoms with Crippen molar-refractivity contribution in [2.45, 2.75) is 13.3 Å². The zero-order valence-corrected chi connectivity index (χ0v) is 6.91. The summed E-state index contributed by atoms with van der Waals surface area (Å²) in [5.74, 6) is 0. The van der Waals surface area contributed by atoms with E-state index in [-0.39, 0.29) is 0 Å². The van der Waals surface area contributed by atoms with E-state index in [4.69, 9.17) is 5.41 Å². The van der Waals surface area contributed by atoms with Crippen LogP contribution >= 0.6 is 0 Å². The Morgan fingerprint density at radius 3 is 3.18 bits per heavy atom. The van der Waals surface area contributed by atoms with Gasteiger partial charge in [-0.1, -0.05) is 0 Å². The highest BCUT2D eigenvalue weighted by atomic mass is 15.0. The summed E-state index contributed by atoms with van der Waals surface area (Å²) in [6, 6.07) is 0. The number of nitrogens with one attached hydrogen (secondary N) is 3. The van der Waals surface area contributed by atoms with Crippen LogP contribution in [0.15, 0.2) is 11.3 Å². The van der Waals surface area contributed by atoms with Crippen LogP contribution in [0, 0.1) is 5.41 Å². The van der Waals surface area contributed by atoms with Gasteiger partial charge in [0.1, 0.15) is 0 Å². The van der Waals surface area contributed by atoms with Crippen LogP contribution in [0.4, 0.5) is 0 Å². The summed E-state index contributed by atoms with van der Waals surface area (Å²) in [7, 11) is 0. The van der Waals surface area contributed by atoms with Crippen LogP contribution in [0.3, 0.4) is 0 Å². The van der Waals surface area contributed by atoms with Crippen molar-refractivity contribution in [3.8, 4) is 0 Å². The lowest BCUT2D eigenvalue weighted by Gasteiger charge is -2.19. The Labute approximate surface area is 67.4 Å². The molecule has 3 nitrogen and oxygen atoms in total. The highest BCUT2D eigenvalue weighted by Crippen LogP contribution is 2.06. The maximum atomic E-state index is 7.16. The summed E-state index contributed by atoms with van der Waals surface area (Å²) < 4.78 is 0. The zero-order valence-electron chi connectivity index (χ0n) is 6.91. The summed E-state index contributed by atoms with van der Waals surface area (Å²) in [5.41, 5.74) is 2.33. The maximum absolute atomic E-state index is 7.16. The fraction of sp³-hybridized carbons (Fsp3) is 0.625. The van der Waals surface area contributed by atoms with Gasteiger partial charge in [0.15, 0.2) is 0 Å². The van der Waals surface area contributed by atoms with Crippen LogP contribution in [0.1, 0.15) is 13.3 Å². The number of likely N-dealkylation sites (N-methyl/N-ethyl adjacent to an activating group) is 1. The Balaban J connectivity index is 2.64. The maximum Gasteiger partial charge on any atom is 0.0357 e. The number of hydrogen-bond donors (Lipinski definition) is 3. The van der Waals surface area contributed by atoms with E-state index in [0.29, 0.717) is 0 Å². The Morgan fingerprint density at radius 1 is 1.73 bits per heavy atom. The summed E-state index contributed by atoms with van der Waals surface area (Å²) in [6.45, 7) is 4.90. The lowest BCUT2D eigenvalue weighted by atomic mass is 10.1. The summed E-state index contributed by atoms with van der Waals surface area (Å²) in [5, 5.41) is 13.7. The third-order valence-electron chi connectivity index (χ3n) is 1.82. The van der Waals surface area contributed by atoms with Crippen molar-refractivity contribution in [2.75, 3.05) is 19.6 Å². The van der Waals surface area contributed by atoms with E-state index in [1.807, 2.05) is 0 Å². The van der Waals surface area contributed by atoms with Crippen LogP contribution in [0.25, 0.3) is 0 Å². The zero-order chi connectivity index (χ0) is 8.10. The van der Waals surface area contributed by atoms with Crippen molar-refractivity contribution < 1.29 is 0 Å². The molecule has 3 heteroatoms. The van der Waals surface area contributed by atoms with Gasteiger partial charge in [-0.3, -0.25) is 0 Å². The second-order valence-corrected chi connectivity index (χ2v) is 2.61. The molecule has 3 N–H and O–H groups in total. The molecule has 1 heterocycles. The number of rotatable bonds is 3. The fourth-order valence-corrected chi connectivity index (χ4v) is 1.25. The van der Waals surface area contributed by atoms with E-state index < -0.39 is 0 Å². The average molecular weight is 153 g/mol. The first-order valence-electron chi connectivity index (χ1n) is 4.05. The Bertz CT molecular complexity index is 172. The Morgan fingerprint density at radius 2 is 2.55 bits per heavy atom. The molecule has 0 bridgehead atoms. The molecule has 0 aromatic heterocycles. The van der Waals surface area contributed by atoms with Crippen molar-refractivity contribution in [2.24, 2.45) is 0 Å². The van der Waals surface area contributed by atoms with Crippen LogP contribution in [-0.2, 0) is 0 Å². The minimum atomic E-state index is 0.887. The van der Waals surface area contributed by atoms with Crippen molar-refractivity contribution in [1.29, 1.82) is 5.41 Å². The summed E-state index contributed by atoms with van der Waals surface area (Å²) in [6.07, 6.45) is 2.44. The molecular weight excluding hydrogens is 138 g/mol. The highest BCUT2D eigenvalue weighted by molar-refractivity contribution is 5.77. The molecule has 0 unspecified atom stereocenters. The van der Waals surface area contributed by atoms with Crippen LogP contribution < -0.4 is 10.6 Å². The average Bonchev–Trinajstić information content (AvgIpc) is 2.06. The lowest BCUT2D eigenvalue weighted by molar-refractivity contribution is 0.644. The first kappa shape index (κ1) is 8.27. The van der Waals surface area contributed by atoms with Crippen LogP contribution in [-0.4, -0.2) is 25.8 Å². The van der Waals surface area contributed by atoms with Gasteiger partial charge in [-0.15, -0.1) is 0 Å². The molecule has 0 aromatic rings. The molecule has 1 aliphatic rings. The molecule has 0 atom stereocenters. The third-order valence-corrected chi connectivity index (χ3v) is 1.82. The lowest BCUT2D eigenvalue weighted by Crippen LogP contribution is -2.32. The first-order valence-corrected chi connectivity index (χ1v) is 4.05. The highest BCUT2D eigenvalue weighted by Gasteiger charge is 2.08. The molecule has 0 fully saturated rings. The van der Waals surface area contributed by atoms with Gasteiger partial charge in [0.2, 0.25) is 0 Å². The van der Waals surface area contributed by atoms with Crippen molar-refractivity contribution in [1.82, 2.24) is 10.6 Å². The van der Waals surface area contributed by atoms with E-state index in [1.54, 1.807) is 0 Å². The van der Waals surface area contributed by atoms with E-state index in [1.165, 1.54) is 11.9 Å². The molecule has 11 heavy (non-hydrogen) atoms. The summed E-state index contributed by atoms with van der Waals surface area (Å²) >= 11 is 0. The fourth-order valence-electron chi connectivity index (χ4n) is 1.25. The van der Waals surface area contributed by atoms with Gasteiger partial charge < -0.3 is 16.0 Å². The van der Waals surface area contributed by atoms with Gasteiger partial charge in [0, 0.05) is 25.0 Å². The Kier molecular flexibility index (Phi) is 3.11. The van der Waals surface area contributed by atoms with Crippen molar-refractivity contribution in [3.63, 3.8) is 0 Å². The van der Waals surface area contributed by atoms with Gasteiger partial charge in [0.05, 0.1) is 0 Å². The van der Waals surface area contributed by atoms with Crippen LogP contribution in [0.2, 0.25) is 0 Å². The predicted octanol–water partition coefficient (Wildman–Crippen LogP) is 0.493. The van der Waals surface area contributed by atoms with E-state index in [0.717, 1.165) is 31.6 Å². The number of hydrogen-bond acceptors (Lipinski definition) is 3. The second kappa shape index (κ2) is 4.13. The first-order chi connectivity index (χ1) is 5.38. The van der Waals surface area contributed by atoms with Gasteiger partial charge in [-0.2, -0.15) is 0 Å². The molecule has 62 valence electrons. The molecule has 0 aromatic carbocycles. The SMILES string of the molecule is CCNC1=C(C=N)CCNC1. The van der Waals surface area contributed by atoms with Crippen LogP contribution in [0.5, 0.6) is 0 Å². The van der Waals surface area contributed by atoms with Crippen molar-refractivity contribution in [3.05, 3.63) is 11.3 Å². The monoisotopic (exact) mass is 153 g/mol. The van der Waals surface area contributed by atoms with Gasteiger partial charge in [-0.05, 0) is 25.5 Å². The predicted molar refractivity (Wildman–Crippen MR) is 47.0 cm³/mol. The second-order valence-electron chi connectivity index (χ2n) is 2.61. The smallest absolute Gasteiger partial charge is 0.0357 e. The largest absolute Gasteiger partial charge is 0.387 e. The molecule has 1 rings (SSSR count). The minimum Gasteiger partial charge on any atom is -0.387 e. The molecular formula is C8H15N3. The third kappa shape index (κ3) is 2.05. The van der Waals surface area contributed by atoms with E-state index in [2.05, 4.69) is 17.6 Å². The van der Waals surface area contributed by atoms with Gasteiger partial charge in [-0.25, -0.2) is 0 Å². The summed E-state index contributed by atoms with van der Waals surface area (Å²) in [4.78, 5) is 0. The molecule has 1 aliphatic heterocycles. The van der Waals surface area contributed by atoms with E-state index >= 15 is 0 Å². The molecule has 0 saturated heterocycles. The molecule has 0 saturated carbocycles. The quantitative estimate of drug-likeness (QED) is 0.517. The Hall–Kier alpha value is -0.830. The van der Waals surface area contributed by atoms with E-state index in [9.17, 15) is 0 Å². The van der Waals surface area contributed by atoms with Crippen molar-refractivity contribution >= 4 is 6.21 Å². The van der Waals surface area contributed by atoms with Gasteiger partial charge >= 0.3 is 0 Å². The van der Waals surface area contributed by atoms with Gasteiger partial charge in [0.25, 0.3) is 0 Å². The molecule has 0 aliphatic carbocycles. The normalized spacial score (nSPS) is 18.3.